The van der Waals surface area contributed by atoms with Gasteiger partial charge in [-0.15, -0.1) is 0 Å². The van der Waals surface area contributed by atoms with Crippen LogP contribution in [-0.4, -0.2) is 37.4 Å². The van der Waals surface area contributed by atoms with Gasteiger partial charge in [0.05, 0.1) is 0 Å². The Balaban J connectivity index is 1.88. The van der Waals surface area contributed by atoms with Crippen LogP contribution >= 0.6 is 0 Å². The largest absolute Gasteiger partial charge is 0.375 e. The third-order valence-electron chi connectivity index (χ3n) is 4.20. The summed E-state index contributed by atoms with van der Waals surface area (Å²) in [5, 5.41) is 12.8. The zero-order valence-electron chi connectivity index (χ0n) is 10.7. The second-order valence-electron chi connectivity index (χ2n) is 5.04. The molecule has 0 spiro atoms. The van der Waals surface area contributed by atoms with Gasteiger partial charge in [-0.2, -0.15) is 0 Å². The van der Waals surface area contributed by atoms with E-state index in [-0.39, 0.29) is 5.79 Å². The first-order chi connectivity index (χ1) is 8.19. The number of hydrogen-bond donors (Lipinski definition) is 2. The predicted molar refractivity (Wildman–Crippen MR) is 65.4 cm³/mol. The lowest BCUT2D eigenvalue weighted by molar-refractivity contribution is -0.228. The first-order valence-electron chi connectivity index (χ1n) is 6.40. The van der Waals surface area contributed by atoms with Gasteiger partial charge in [0.15, 0.2) is 5.79 Å². The third-order valence-corrected chi connectivity index (χ3v) is 4.20. The smallest absolute Gasteiger partial charge is 0.167 e. The number of nitrogens with one attached hydrogen (secondary N) is 1. The van der Waals surface area contributed by atoms with Crippen molar-refractivity contribution in [2.45, 2.75) is 50.2 Å². The van der Waals surface area contributed by atoms with Gasteiger partial charge in [0, 0.05) is 33.1 Å². The Kier molecular flexibility index (Phi) is 4.20. The first kappa shape index (κ1) is 13.0. The number of rotatable bonds is 3. The van der Waals surface area contributed by atoms with Gasteiger partial charge in [-0.3, -0.25) is 5.32 Å². The van der Waals surface area contributed by atoms with Crippen LogP contribution in [0.1, 0.15) is 32.1 Å². The van der Waals surface area contributed by atoms with Crippen molar-refractivity contribution in [3.63, 3.8) is 0 Å². The van der Waals surface area contributed by atoms with E-state index in [2.05, 4.69) is 11.4 Å². The van der Waals surface area contributed by atoms with Crippen molar-refractivity contribution >= 4 is 0 Å². The molecule has 0 saturated heterocycles. The molecule has 2 rings (SSSR count). The average Bonchev–Trinajstić information content (AvgIpc) is 2.39. The Hall–Kier alpha value is -0.420. The first-order valence-corrected chi connectivity index (χ1v) is 6.40. The molecule has 0 radical (unpaired) electrons. The van der Waals surface area contributed by atoms with Gasteiger partial charge in [0.1, 0.15) is 6.23 Å². The van der Waals surface area contributed by atoms with Gasteiger partial charge in [0.2, 0.25) is 0 Å². The Labute approximate surface area is 103 Å². The fourth-order valence-corrected chi connectivity index (χ4v) is 3.00. The molecular weight excluding hydrogens is 218 g/mol. The highest BCUT2D eigenvalue weighted by atomic mass is 16.7. The molecule has 1 aliphatic carbocycles. The van der Waals surface area contributed by atoms with Gasteiger partial charge < -0.3 is 14.6 Å². The minimum atomic E-state index is -0.481. The van der Waals surface area contributed by atoms with Gasteiger partial charge in [-0.1, -0.05) is 6.08 Å². The molecule has 2 aliphatic rings. The SMILES string of the molecule is COC1(OC)CCC(C2CC=CC(O)N2)CC1. The van der Waals surface area contributed by atoms with Crippen molar-refractivity contribution in [1.29, 1.82) is 0 Å². The normalized spacial score (nSPS) is 33.8. The van der Waals surface area contributed by atoms with Gasteiger partial charge in [-0.05, 0) is 31.3 Å². The summed E-state index contributed by atoms with van der Waals surface area (Å²) in [6, 6.07) is 0.390. The summed E-state index contributed by atoms with van der Waals surface area (Å²) in [6.45, 7) is 0. The number of aliphatic hydroxyl groups is 1. The highest BCUT2D eigenvalue weighted by Crippen LogP contribution is 2.37. The van der Waals surface area contributed by atoms with E-state index in [1.54, 1.807) is 14.2 Å². The molecule has 0 amide bonds. The fourth-order valence-electron chi connectivity index (χ4n) is 3.00. The van der Waals surface area contributed by atoms with Crippen LogP contribution in [0.4, 0.5) is 0 Å². The molecule has 4 nitrogen and oxygen atoms in total. The minimum Gasteiger partial charge on any atom is -0.375 e. The molecular formula is C13H23NO3. The van der Waals surface area contributed by atoms with Crippen LogP contribution in [0.2, 0.25) is 0 Å². The lowest BCUT2D eigenvalue weighted by Gasteiger charge is -2.41. The standard InChI is InChI=1S/C13H23NO3/c1-16-13(17-2)8-6-10(7-9-13)11-4-3-5-12(15)14-11/h3,5,10-12,14-15H,4,6-9H2,1-2H3. The molecule has 0 aromatic carbocycles. The topological polar surface area (TPSA) is 50.7 Å². The summed E-state index contributed by atoms with van der Waals surface area (Å²) in [6.07, 6.45) is 8.44. The van der Waals surface area contributed by atoms with Crippen LogP contribution in [0.25, 0.3) is 0 Å². The fraction of sp³-hybridized carbons (Fsp3) is 0.846. The zero-order valence-corrected chi connectivity index (χ0v) is 10.7. The predicted octanol–water partition coefficient (Wildman–Crippen LogP) is 1.40. The maximum absolute atomic E-state index is 9.56. The van der Waals surface area contributed by atoms with Gasteiger partial charge in [0.25, 0.3) is 0 Å². The number of methoxy groups -OCH3 is 2. The Morgan fingerprint density at radius 2 is 1.88 bits per heavy atom. The van der Waals surface area contributed by atoms with E-state index < -0.39 is 6.23 Å². The monoisotopic (exact) mass is 241 g/mol. The second-order valence-corrected chi connectivity index (χ2v) is 5.04. The van der Waals surface area contributed by atoms with Crippen molar-refractivity contribution in [3.8, 4) is 0 Å². The molecule has 1 saturated carbocycles. The molecule has 2 atom stereocenters. The van der Waals surface area contributed by atoms with Crippen LogP contribution in [0, 0.1) is 5.92 Å². The number of hydrogen-bond acceptors (Lipinski definition) is 4. The van der Waals surface area contributed by atoms with Crippen LogP contribution in [-0.2, 0) is 9.47 Å². The summed E-state index contributed by atoms with van der Waals surface area (Å²) in [4.78, 5) is 0. The molecule has 1 aliphatic heterocycles. The summed E-state index contributed by atoms with van der Waals surface area (Å²) in [7, 11) is 3.43. The van der Waals surface area contributed by atoms with E-state index in [4.69, 9.17) is 9.47 Å². The Morgan fingerprint density at radius 1 is 1.24 bits per heavy atom. The molecule has 17 heavy (non-hydrogen) atoms. The summed E-state index contributed by atoms with van der Waals surface area (Å²) < 4.78 is 11.0. The zero-order chi connectivity index (χ0) is 12.3. The van der Waals surface area contributed by atoms with E-state index in [0.29, 0.717) is 12.0 Å². The molecule has 2 N–H and O–H groups in total. The van der Waals surface area contributed by atoms with Crippen molar-refractivity contribution in [3.05, 3.63) is 12.2 Å². The van der Waals surface area contributed by atoms with E-state index in [9.17, 15) is 5.11 Å². The highest BCUT2D eigenvalue weighted by molar-refractivity contribution is 5.00. The number of aliphatic hydroxyl groups excluding tert-OH is 1. The Morgan fingerprint density at radius 3 is 2.41 bits per heavy atom. The summed E-state index contributed by atoms with van der Waals surface area (Å²) in [5.74, 6) is 0.229. The van der Waals surface area contributed by atoms with Crippen molar-refractivity contribution < 1.29 is 14.6 Å². The summed E-state index contributed by atoms with van der Waals surface area (Å²) in [5.41, 5.74) is 0. The quantitative estimate of drug-likeness (QED) is 0.579. The highest BCUT2D eigenvalue weighted by Gasteiger charge is 2.38. The van der Waals surface area contributed by atoms with Crippen LogP contribution in [0.5, 0.6) is 0 Å². The van der Waals surface area contributed by atoms with Crippen LogP contribution < -0.4 is 5.32 Å². The Bertz CT molecular complexity index is 266. The second kappa shape index (κ2) is 5.48. The van der Waals surface area contributed by atoms with Gasteiger partial charge in [-0.25, -0.2) is 0 Å². The molecule has 1 heterocycles. The lowest BCUT2D eigenvalue weighted by Crippen LogP contribution is -2.47. The maximum Gasteiger partial charge on any atom is 0.167 e. The molecule has 1 fully saturated rings. The van der Waals surface area contributed by atoms with Crippen molar-refractivity contribution in [2.24, 2.45) is 5.92 Å². The molecule has 2 unspecified atom stereocenters. The van der Waals surface area contributed by atoms with Crippen LogP contribution in [0.15, 0.2) is 12.2 Å². The van der Waals surface area contributed by atoms with Gasteiger partial charge >= 0.3 is 0 Å². The third kappa shape index (κ3) is 2.88. The molecule has 0 bridgehead atoms. The molecule has 4 heteroatoms. The number of ether oxygens (including phenoxy) is 2. The van der Waals surface area contributed by atoms with Crippen molar-refractivity contribution in [1.82, 2.24) is 5.32 Å². The molecule has 98 valence electrons. The van der Waals surface area contributed by atoms with E-state index in [1.807, 2.05) is 6.08 Å². The van der Waals surface area contributed by atoms with Crippen LogP contribution in [0.3, 0.4) is 0 Å². The summed E-state index contributed by atoms with van der Waals surface area (Å²) >= 11 is 0. The maximum atomic E-state index is 9.56. The van der Waals surface area contributed by atoms with Crippen molar-refractivity contribution in [2.75, 3.05) is 14.2 Å². The van der Waals surface area contributed by atoms with E-state index >= 15 is 0 Å². The molecule has 0 aromatic rings. The lowest BCUT2D eigenvalue weighted by atomic mass is 9.79. The van der Waals surface area contributed by atoms with E-state index in [1.165, 1.54) is 0 Å². The molecule has 0 aromatic heterocycles. The average molecular weight is 241 g/mol. The minimum absolute atomic E-state index is 0.375. The van der Waals surface area contributed by atoms with E-state index in [0.717, 1.165) is 32.1 Å².